The highest BCUT2D eigenvalue weighted by atomic mass is 35.5. The van der Waals surface area contributed by atoms with Crippen LogP contribution in [0.1, 0.15) is 52.8 Å². The van der Waals surface area contributed by atoms with Gasteiger partial charge in [-0.25, -0.2) is 9.59 Å². The van der Waals surface area contributed by atoms with E-state index in [1.807, 2.05) is 0 Å². The lowest BCUT2D eigenvalue weighted by molar-refractivity contribution is -0.144. The van der Waals surface area contributed by atoms with E-state index in [4.69, 9.17) is 25.6 Å². The summed E-state index contributed by atoms with van der Waals surface area (Å²) in [5.74, 6) is -0.872. The highest BCUT2D eigenvalue weighted by Crippen LogP contribution is 2.34. The second-order valence-corrected chi connectivity index (χ2v) is 9.05. The Morgan fingerprint density at radius 1 is 1.15 bits per heavy atom. The number of amides is 1. The van der Waals surface area contributed by atoms with Crippen molar-refractivity contribution in [2.45, 2.75) is 39.6 Å². The SMILES string of the molecule is CCOC(=O)c1cnn(Cc2ccc(-c3onc(C)c3NC(=O)OC(C)c3ccccc3Cl)cc2)c1C(F)(F)F. The van der Waals surface area contributed by atoms with Gasteiger partial charge in [-0.05, 0) is 32.4 Å². The van der Waals surface area contributed by atoms with Gasteiger partial charge in [0, 0.05) is 16.1 Å². The van der Waals surface area contributed by atoms with Crippen molar-refractivity contribution in [2.75, 3.05) is 11.9 Å². The Labute approximate surface area is 231 Å². The van der Waals surface area contributed by atoms with Crippen LogP contribution in [-0.4, -0.2) is 33.6 Å². The van der Waals surface area contributed by atoms with Crippen LogP contribution in [0, 0.1) is 6.92 Å². The predicted molar refractivity (Wildman–Crippen MR) is 139 cm³/mol. The molecule has 0 aliphatic carbocycles. The monoisotopic (exact) mass is 576 g/mol. The number of benzene rings is 2. The molecule has 0 aliphatic heterocycles. The van der Waals surface area contributed by atoms with Gasteiger partial charge in [-0.3, -0.25) is 10.00 Å². The molecule has 2 heterocycles. The molecule has 4 aromatic rings. The number of rotatable bonds is 8. The van der Waals surface area contributed by atoms with Gasteiger partial charge in [0.25, 0.3) is 0 Å². The minimum Gasteiger partial charge on any atom is -0.462 e. The summed E-state index contributed by atoms with van der Waals surface area (Å²) in [6, 6.07) is 13.3. The molecule has 0 fully saturated rings. The predicted octanol–water partition coefficient (Wildman–Crippen LogP) is 7.05. The summed E-state index contributed by atoms with van der Waals surface area (Å²) in [4.78, 5) is 24.6. The number of anilines is 1. The third kappa shape index (κ3) is 6.28. The Morgan fingerprint density at radius 3 is 2.50 bits per heavy atom. The van der Waals surface area contributed by atoms with Crippen molar-refractivity contribution in [2.24, 2.45) is 0 Å². The van der Waals surface area contributed by atoms with Crippen LogP contribution >= 0.6 is 11.6 Å². The average molecular weight is 577 g/mol. The summed E-state index contributed by atoms with van der Waals surface area (Å²) >= 11 is 6.18. The molecule has 2 aromatic carbocycles. The first-order valence-corrected chi connectivity index (χ1v) is 12.4. The lowest BCUT2D eigenvalue weighted by Gasteiger charge is -2.15. The standard InChI is InChI=1S/C27H24ClF3N4O5/c1-4-38-25(36)20-13-32-35(24(20)27(29,30)31)14-17-9-11-18(12-10-17)23-22(15(2)34-40-23)33-26(37)39-16(3)19-7-5-6-8-21(19)28/h5-13,16H,4,14H2,1-3H3,(H,33,37). The molecular formula is C27H24ClF3N4O5. The summed E-state index contributed by atoms with van der Waals surface area (Å²) in [6.07, 6.45) is -5.37. The number of aromatic nitrogens is 3. The van der Waals surface area contributed by atoms with Crippen molar-refractivity contribution >= 4 is 29.4 Å². The van der Waals surface area contributed by atoms with E-state index in [0.29, 0.717) is 32.1 Å². The molecule has 0 aliphatic rings. The number of nitrogens with one attached hydrogen (secondary N) is 1. The van der Waals surface area contributed by atoms with Crippen LogP contribution in [0.5, 0.6) is 0 Å². The molecule has 0 bridgehead atoms. The number of nitrogens with zero attached hydrogens (tertiary/aromatic N) is 3. The Kier molecular flexibility index (Phi) is 8.48. The topological polar surface area (TPSA) is 108 Å². The van der Waals surface area contributed by atoms with Crippen LogP contribution in [-0.2, 0) is 22.2 Å². The van der Waals surface area contributed by atoms with Gasteiger partial charge in [0.05, 0.1) is 19.3 Å². The molecule has 4 rings (SSSR count). The van der Waals surface area contributed by atoms with Gasteiger partial charge in [-0.15, -0.1) is 0 Å². The quantitative estimate of drug-likeness (QED) is 0.224. The molecule has 1 amide bonds. The normalized spacial score (nSPS) is 12.2. The fraction of sp³-hybridized carbons (Fsp3) is 0.259. The first kappa shape index (κ1) is 28.7. The number of carbonyl (C=O) groups excluding carboxylic acids is 2. The summed E-state index contributed by atoms with van der Waals surface area (Å²) in [7, 11) is 0. The van der Waals surface area contributed by atoms with E-state index >= 15 is 0 Å². The highest BCUT2D eigenvalue weighted by Gasteiger charge is 2.40. The van der Waals surface area contributed by atoms with E-state index in [0.717, 1.165) is 6.20 Å². The Balaban J connectivity index is 1.51. The third-order valence-electron chi connectivity index (χ3n) is 5.87. The van der Waals surface area contributed by atoms with E-state index in [2.05, 4.69) is 15.6 Å². The van der Waals surface area contributed by atoms with Crippen molar-refractivity contribution in [1.82, 2.24) is 14.9 Å². The van der Waals surface area contributed by atoms with E-state index in [1.54, 1.807) is 62.4 Å². The van der Waals surface area contributed by atoms with Crippen molar-refractivity contribution in [3.05, 3.63) is 87.8 Å². The molecule has 1 atom stereocenters. The van der Waals surface area contributed by atoms with Gasteiger partial charge in [0.1, 0.15) is 23.0 Å². The van der Waals surface area contributed by atoms with Crippen LogP contribution in [0.4, 0.5) is 23.7 Å². The summed E-state index contributed by atoms with van der Waals surface area (Å²) in [6.45, 7) is 4.48. The second kappa shape index (κ2) is 11.8. The smallest absolute Gasteiger partial charge is 0.433 e. The van der Waals surface area contributed by atoms with Crippen molar-refractivity contribution in [3.63, 3.8) is 0 Å². The molecule has 13 heteroatoms. The molecule has 2 aromatic heterocycles. The van der Waals surface area contributed by atoms with Gasteiger partial charge in [-0.2, -0.15) is 18.3 Å². The van der Waals surface area contributed by atoms with Gasteiger partial charge >= 0.3 is 18.2 Å². The Hall–Kier alpha value is -4.32. The number of aryl methyl sites for hydroxylation is 1. The highest BCUT2D eigenvalue weighted by molar-refractivity contribution is 6.31. The number of ether oxygens (including phenoxy) is 2. The van der Waals surface area contributed by atoms with Crippen LogP contribution in [0.2, 0.25) is 5.02 Å². The lowest BCUT2D eigenvalue weighted by atomic mass is 10.1. The average Bonchev–Trinajstić information content (AvgIpc) is 3.48. The summed E-state index contributed by atoms with van der Waals surface area (Å²) in [5.41, 5.74) is 0.409. The zero-order valence-electron chi connectivity index (χ0n) is 21.6. The van der Waals surface area contributed by atoms with Gasteiger partial charge < -0.3 is 14.0 Å². The summed E-state index contributed by atoms with van der Waals surface area (Å²) < 4.78 is 57.5. The number of carbonyl (C=O) groups is 2. The summed E-state index contributed by atoms with van der Waals surface area (Å²) in [5, 5.41) is 10.8. The number of halogens is 4. The van der Waals surface area contributed by atoms with Crippen molar-refractivity contribution < 1.29 is 36.8 Å². The largest absolute Gasteiger partial charge is 0.462 e. The fourth-order valence-electron chi connectivity index (χ4n) is 3.97. The molecule has 210 valence electrons. The lowest BCUT2D eigenvalue weighted by Crippen LogP contribution is -2.19. The van der Waals surface area contributed by atoms with Crippen molar-refractivity contribution in [3.8, 4) is 11.3 Å². The van der Waals surface area contributed by atoms with Gasteiger partial charge in [-0.1, -0.05) is 59.2 Å². The maximum absolute atomic E-state index is 13.7. The molecule has 0 saturated heterocycles. The zero-order chi connectivity index (χ0) is 29.0. The number of hydrogen-bond donors (Lipinski definition) is 1. The number of alkyl halides is 3. The Bertz CT molecular complexity index is 1520. The van der Waals surface area contributed by atoms with Gasteiger partial charge in [0.2, 0.25) is 0 Å². The molecule has 0 radical (unpaired) electrons. The van der Waals surface area contributed by atoms with E-state index in [-0.39, 0.29) is 24.6 Å². The van der Waals surface area contributed by atoms with E-state index in [1.165, 1.54) is 6.92 Å². The molecular weight excluding hydrogens is 553 g/mol. The Morgan fingerprint density at radius 2 is 1.85 bits per heavy atom. The number of hydrogen-bond acceptors (Lipinski definition) is 7. The van der Waals surface area contributed by atoms with Crippen LogP contribution in [0.15, 0.2) is 59.3 Å². The first-order chi connectivity index (χ1) is 19.0. The molecule has 1 N–H and O–H groups in total. The molecule has 40 heavy (non-hydrogen) atoms. The molecule has 1 unspecified atom stereocenters. The number of esters is 1. The molecule has 9 nitrogen and oxygen atoms in total. The molecule has 0 spiro atoms. The van der Waals surface area contributed by atoms with Crippen LogP contribution < -0.4 is 5.32 Å². The van der Waals surface area contributed by atoms with E-state index in [9.17, 15) is 22.8 Å². The first-order valence-electron chi connectivity index (χ1n) is 12.1. The minimum absolute atomic E-state index is 0.0706. The van der Waals surface area contributed by atoms with Gasteiger partial charge in [0.15, 0.2) is 11.5 Å². The fourth-order valence-corrected chi connectivity index (χ4v) is 4.26. The maximum Gasteiger partial charge on any atom is 0.433 e. The third-order valence-corrected chi connectivity index (χ3v) is 6.21. The van der Waals surface area contributed by atoms with Crippen LogP contribution in [0.3, 0.4) is 0 Å². The molecule has 0 saturated carbocycles. The zero-order valence-corrected chi connectivity index (χ0v) is 22.3. The van der Waals surface area contributed by atoms with Crippen LogP contribution in [0.25, 0.3) is 11.3 Å². The minimum atomic E-state index is -4.82. The van der Waals surface area contributed by atoms with Crippen molar-refractivity contribution in [1.29, 1.82) is 0 Å². The van der Waals surface area contributed by atoms with E-state index < -0.39 is 35.6 Å². The maximum atomic E-state index is 13.7. The second-order valence-electron chi connectivity index (χ2n) is 8.65.